The number of piperazine rings is 1. The highest BCUT2D eigenvalue weighted by atomic mass is 19.4. The molecule has 4 aliphatic heterocycles. The molecule has 2 unspecified atom stereocenters. The number of carbonyl (C=O) groups is 2. The van der Waals surface area contributed by atoms with E-state index in [9.17, 15) is 35.9 Å². The van der Waals surface area contributed by atoms with Crippen LogP contribution in [0.15, 0.2) is 12.4 Å². The molecule has 0 aliphatic carbocycles. The van der Waals surface area contributed by atoms with Crippen LogP contribution in [0.2, 0.25) is 0 Å². The zero-order valence-corrected chi connectivity index (χ0v) is 22.4. The second-order valence-corrected chi connectivity index (χ2v) is 11.1. The molecular weight excluding hydrogens is 558 g/mol. The highest BCUT2D eigenvalue weighted by molar-refractivity contribution is 5.79. The number of hydrogen-bond acceptors (Lipinski definition) is 8. The minimum Gasteiger partial charge on any atom is -0.339 e. The lowest BCUT2D eigenvalue weighted by Gasteiger charge is -2.39. The fraction of sp³-hybridized carbons (Fsp3) is 0.760. The topological polar surface area (TPSA) is 96.9 Å². The van der Waals surface area contributed by atoms with Crippen LogP contribution in [0.25, 0.3) is 0 Å². The van der Waals surface area contributed by atoms with E-state index in [1.165, 1.54) is 0 Å². The highest BCUT2D eigenvalue weighted by Gasteiger charge is 2.51. The fourth-order valence-electron chi connectivity index (χ4n) is 6.32. The Hall–Kier alpha value is -2.72. The monoisotopic (exact) mass is 592 g/mol. The Morgan fingerprint density at radius 2 is 1.61 bits per heavy atom. The lowest BCUT2D eigenvalue weighted by Crippen LogP contribution is -2.63. The first-order chi connectivity index (χ1) is 19.4. The van der Waals surface area contributed by atoms with Crippen molar-refractivity contribution in [2.75, 3.05) is 50.7 Å². The second-order valence-electron chi connectivity index (χ2n) is 11.1. The normalized spacial score (nSPS) is 28.8. The summed E-state index contributed by atoms with van der Waals surface area (Å²) in [6.07, 6.45) is -5.19. The fourth-order valence-corrected chi connectivity index (χ4v) is 6.32. The summed E-state index contributed by atoms with van der Waals surface area (Å²) in [5.74, 6) is -3.09. The number of likely N-dealkylation sites (tertiary alicyclic amines) is 2. The summed E-state index contributed by atoms with van der Waals surface area (Å²) in [6, 6.07) is 0.0430. The molecule has 1 aromatic heterocycles. The summed E-state index contributed by atoms with van der Waals surface area (Å²) in [6.45, 7) is 3.90. The Morgan fingerprint density at radius 3 is 2.22 bits per heavy atom. The van der Waals surface area contributed by atoms with E-state index < -0.39 is 35.9 Å². The Labute approximate surface area is 233 Å². The molecular formula is C25H34F6N8O2. The summed E-state index contributed by atoms with van der Waals surface area (Å²) in [4.78, 5) is 40.4. The predicted molar refractivity (Wildman–Crippen MR) is 134 cm³/mol. The van der Waals surface area contributed by atoms with E-state index in [0.717, 1.165) is 44.7 Å². The van der Waals surface area contributed by atoms with Crippen LogP contribution in [-0.4, -0.2) is 107 Å². The largest absolute Gasteiger partial charge is 0.419 e. The summed E-state index contributed by atoms with van der Waals surface area (Å²) in [7, 11) is 0. The molecule has 4 fully saturated rings. The van der Waals surface area contributed by atoms with Crippen LogP contribution in [0.3, 0.4) is 0 Å². The van der Waals surface area contributed by atoms with Crippen LogP contribution in [0.4, 0.5) is 32.3 Å². The maximum Gasteiger partial charge on any atom is 0.419 e. The molecule has 4 saturated heterocycles. The number of halogens is 6. The number of carbonyl (C=O) groups excluding carboxylic acids is 2. The number of hydrogen-bond donors (Lipinski definition) is 2. The van der Waals surface area contributed by atoms with Gasteiger partial charge in [-0.05, 0) is 45.2 Å². The molecule has 4 aliphatic rings. The van der Waals surface area contributed by atoms with Crippen molar-refractivity contribution in [3.8, 4) is 0 Å². The Kier molecular flexibility index (Phi) is 8.62. The van der Waals surface area contributed by atoms with Gasteiger partial charge in [-0.15, -0.1) is 0 Å². The molecule has 1 aromatic rings. The van der Waals surface area contributed by atoms with Crippen molar-refractivity contribution in [1.29, 1.82) is 0 Å². The molecule has 228 valence electrons. The maximum atomic E-state index is 13.5. The summed E-state index contributed by atoms with van der Waals surface area (Å²) >= 11 is 0. The molecule has 2 amide bonds. The Balaban J connectivity index is 1.17. The van der Waals surface area contributed by atoms with Gasteiger partial charge in [0.05, 0.1) is 11.7 Å². The van der Waals surface area contributed by atoms with E-state index in [4.69, 9.17) is 0 Å². The van der Waals surface area contributed by atoms with E-state index >= 15 is 0 Å². The lowest BCUT2D eigenvalue weighted by molar-refractivity contribution is -0.193. The first kappa shape index (κ1) is 29.8. The van der Waals surface area contributed by atoms with Gasteiger partial charge in [0.2, 0.25) is 17.8 Å². The molecule has 0 radical (unpaired) electrons. The first-order valence-electron chi connectivity index (χ1n) is 13.9. The third kappa shape index (κ3) is 6.85. The molecule has 4 atom stereocenters. The maximum absolute atomic E-state index is 13.5. The van der Waals surface area contributed by atoms with Crippen LogP contribution >= 0.6 is 0 Å². The van der Waals surface area contributed by atoms with Crippen LogP contribution < -0.4 is 15.8 Å². The lowest BCUT2D eigenvalue weighted by atomic mass is 9.98. The standard InChI is InChI=1S/C25H34F6N8O2/c26-24(27,28)16-13-32-23(33-14-16)38-9-7-37(8-10-38)21(40)4-3-17-11-18(36-5-1-2-6-36)15-39(17)20-12-19(25(29,30)31)22(41)35-34-20/h13-14,17-20,34H,1-12,15H2,(H,35,41)/t17-,18+,19?,20?/m1/s1. The molecule has 5 rings (SSSR count). The Bertz CT molecular complexity index is 1070. The summed E-state index contributed by atoms with van der Waals surface area (Å²) in [5.41, 5.74) is 4.05. The number of amides is 2. The molecule has 0 saturated carbocycles. The minimum atomic E-state index is -4.64. The number of anilines is 1. The smallest absolute Gasteiger partial charge is 0.339 e. The zero-order valence-electron chi connectivity index (χ0n) is 22.4. The van der Waals surface area contributed by atoms with Crippen molar-refractivity contribution in [2.24, 2.45) is 5.92 Å². The average Bonchev–Trinajstić information content (AvgIpc) is 3.62. The number of nitrogens with one attached hydrogen (secondary N) is 2. The van der Waals surface area contributed by atoms with Gasteiger partial charge in [-0.2, -0.15) is 26.3 Å². The van der Waals surface area contributed by atoms with Crippen molar-refractivity contribution in [3.05, 3.63) is 18.0 Å². The van der Waals surface area contributed by atoms with Crippen molar-refractivity contribution in [3.63, 3.8) is 0 Å². The van der Waals surface area contributed by atoms with Gasteiger partial charge in [0.15, 0.2) is 0 Å². The highest BCUT2D eigenvalue weighted by Crippen LogP contribution is 2.36. The third-order valence-electron chi connectivity index (χ3n) is 8.60. The quantitative estimate of drug-likeness (QED) is 0.485. The van der Waals surface area contributed by atoms with E-state index in [-0.39, 0.29) is 36.8 Å². The van der Waals surface area contributed by atoms with Gasteiger partial charge in [0, 0.05) is 63.6 Å². The van der Waals surface area contributed by atoms with Crippen LogP contribution in [0.5, 0.6) is 0 Å². The van der Waals surface area contributed by atoms with E-state index in [2.05, 4.69) is 25.7 Å². The van der Waals surface area contributed by atoms with Crippen molar-refractivity contribution >= 4 is 17.8 Å². The molecule has 0 bridgehead atoms. The van der Waals surface area contributed by atoms with Gasteiger partial charge >= 0.3 is 12.4 Å². The van der Waals surface area contributed by atoms with E-state index in [0.29, 0.717) is 39.1 Å². The number of nitrogens with zero attached hydrogens (tertiary/aromatic N) is 6. The number of alkyl halides is 6. The molecule has 16 heteroatoms. The molecule has 10 nitrogen and oxygen atoms in total. The molecule has 2 N–H and O–H groups in total. The third-order valence-corrected chi connectivity index (χ3v) is 8.60. The van der Waals surface area contributed by atoms with E-state index in [1.54, 1.807) is 9.80 Å². The van der Waals surface area contributed by atoms with Crippen molar-refractivity contribution in [1.82, 2.24) is 35.5 Å². The van der Waals surface area contributed by atoms with Crippen LogP contribution in [-0.2, 0) is 15.8 Å². The predicted octanol–water partition coefficient (Wildman–Crippen LogP) is 1.99. The molecule has 0 spiro atoms. The molecule has 0 aromatic carbocycles. The molecule has 5 heterocycles. The number of aromatic nitrogens is 2. The van der Waals surface area contributed by atoms with Gasteiger partial charge in [0.1, 0.15) is 5.92 Å². The Morgan fingerprint density at radius 1 is 0.951 bits per heavy atom. The van der Waals surface area contributed by atoms with E-state index in [1.807, 2.05) is 4.90 Å². The van der Waals surface area contributed by atoms with Gasteiger partial charge in [-0.25, -0.2) is 15.4 Å². The van der Waals surface area contributed by atoms with Crippen LogP contribution in [0.1, 0.15) is 44.1 Å². The van der Waals surface area contributed by atoms with Gasteiger partial charge in [-0.3, -0.25) is 24.8 Å². The first-order valence-corrected chi connectivity index (χ1v) is 13.9. The number of hydrazine groups is 1. The van der Waals surface area contributed by atoms with Crippen molar-refractivity contribution < 1.29 is 35.9 Å². The van der Waals surface area contributed by atoms with Gasteiger partial charge in [0.25, 0.3) is 0 Å². The van der Waals surface area contributed by atoms with Crippen LogP contribution in [0, 0.1) is 5.92 Å². The second kappa shape index (κ2) is 11.9. The minimum absolute atomic E-state index is 0.0827. The number of rotatable bonds is 6. The van der Waals surface area contributed by atoms with Gasteiger partial charge in [-0.1, -0.05) is 0 Å². The SMILES string of the molecule is O=C1NNC(N2C[C@@H](N3CCCC3)C[C@H]2CCC(=O)N2CCN(c3ncc(C(F)(F)F)cn3)CC2)CC1C(F)(F)F. The average molecular weight is 593 g/mol. The zero-order chi connectivity index (χ0) is 29.4. The molecule has 41 heavy (non-hydrogen) atoms. The summed E-state index contributed by atoms with van der Waals surface area (Å²) < 4.78 is 78.9. The van der Waals surface area contributed by atoms with Crippen molar-refractivity contribution in [2.45, 2.75) is 69.1 Å². The van der Waals surface area contributed by atoms with Gasteiger partial charge < -0.3 is 9.80 Å². The summed E-state index contributed by atoms with van der Waals surface area (Å²) in [5, 5.41) is 0.